The van der Waals surface area contributed by atoms with E-state index in [9.17, 15) is 4.79 Å². The van der Waals surface area contributed by atoms with E-state index in [2.05, 4.69) is 21.2 Å². The van der Waals surface area contributed by atoms with Gasteiger partial charge in [-0.25, -0.2) is 4.79 Å². The molecular formula is C15H14BrClN2O2. The van der Waals surface area contributed by atoms with Gasteiger partial charge in [0.15, 0.2) is 0 Å². The van der Waals surface area contributed by atoms with Gasteiger partial charge in [0.05, 0.1) is 38.7 Å². The van der Waals surface area contributed by atoms with Crippen molar-refractivity contribution in [2.24, 2.45) is 0 Å². The van der Waals surface area contributed by atoms with Gasteiger partial charge in [0.1, 0.15) is 0 Å². The van der Waals surface area contributed by atoms with E-state index in [4.69, 9.17) is 22.1 Å². The highest BCUT2D eigenvalue weighted by Crippen LogP contribution is 2.33. The van der Waals surface area contributed by atoms with Gasteiger partial charge in [-0.3, -0.25) is 0 Å². The van der Waals surface area contributed by atoms with Crippen LogP contribution in [0.15, 0.2) is 40.9 Å². The van der Waals surface area contributed by atoms with Gasteiger partial charge in [0.25, 0.3) is 0 Å². The Bertz CT molecular complexity index is 677. The molecule has 2 aromatic rings. The molecular weight excluding hydrogens is 356 g/mol. The van der Waals surface area contributed by atoms with E-state index in [0.29, 0.717) is 28.6 Å². The zero-order chi connectivity index (χ0) is 15.4. The summed E-state index contributed by atoms with van der Waals surface area (Å²) in [6.07, 6.45) is 0. The zero-order valence-electron chi connectivity index (χ0n) is 11.3. The first kappa shape index (κ1) is 15.7. The van der Waals surface area contributed by atoms with Crippen LogP contribution in [0.4, 0.5) is 17.1 Å². The van der Waals surface area contributed by atoms with Crippen LogP contribution in [0.1, 0.15) is 17.3 Å². The largest absolute Gasteiger partial charge is 0.462 e. The number of ether oxygens (including phenoxy) is 1. The number of carbonyl (C=O) groups excluding carboxylic acids is 1. The number of nitrogen functional groups attached to an aromatic ring is 1. The smallest absolute Gasteiger partial charge is 0.338 e. The van der Waals surface area contributed by atoms with Gasteiger partial charge in [-0.1, -0.05) is 17.7 Å². The zero-order valence-corrected chi connectivity index (χ0v) is 13.7. The lowest BCUT2D eigenvalue weighted by molar-refractivity contribution is 0.0526. The quantitative estimate of drug-likeness (QED) is 0.610. The number of halogens is 2. The number of hydrogen-bond acceptors (Lipinski definition) is 4. The predicted molar refractivity (Wildman–Crippen MR) is 89.2 cm³/mol. The lowest BCUT2D eigenvalue weighted by Crippen LogP contribution is -2.06. The first-order chi connectivity index (χ1) is 10.0. The van der Waals surface area contributed by atoms with Crippen molar-refractivity contribution in [1.82, 2.24) is 0 Å². The summed E-state index contributed by atoms with van der Waals surface area (Å²) in [7, 11) is 0. The number of nitrogens with two attached hydrogens (primary N) is 1. The van der Waals surface area contributed by atoms with Crippen LogP contribution in [-0.2, 0) is 4.74 Å². The van der Waals surface area contributed by atoms with Gasteiger partial charge in [-0.15, -0.1) is 0 Å². The molecule has 0 aromatic heterocycles. The van der Waals surface area contributed by atoms with Crippen LogP contribution in [0.5, 0.6) is 0 Å². The molecule has 0 atom stereocenters. The summed E-state index contributed by atoms with van der Waals surface area (Å²) >= 11 is 9.46. The van der Waals surface area contributed by atoms with Crippen molar-refractivity contribution < 1.29 is 9.53 Å². The second-order valence-electron chi connectivity index (χ2n) is 4.25. The summed E-state index contributed by atoms with van der Waals surface area (Å²) in [5, 5.41) is 3.74. The number of hydrogen-bond donors (Lipinski definition) is 2. The van der Waals surface area contributed by atoms with Crippen molar-refractivity contribution in [1.29, 1.82) is 0 Å². The Balaban J connectivity index is 2.33. The molecule has 4 nitrogen and oxygen atoms in total. The van der Waals surface area contributed by atoms with Crippen LogP contribution in [0.2, 0.25) is 5.02 Å². The van der Waals surface area contributed by atoms with Crippen LogP contribution in [0.3, 0.4) is 0 Å². The Hall–Kier alpha value is -1.72. The predicted octanol–water partition coefficient (Wildman–Crippen LogP) is 4.61. The number of carbonyl (C=O) groups is 1. The summed E-state index contributed by atoms with van der Waals surface area (Å²) in [5.74, 6) is -0.384. The molecule has 0 aliphatic heterocycles. The second-order valence-corrected chi connectivity index (χ2v) is 5.45. The molecule has 0 saturated carbocycles. The highest BCUT2D eigenvalue weighted by molar-refractivity contribution is 9.10. The average molecular weight is 370 g/mol. The Labute approximate surface area is 136 Å². The first-order valence-electron chi connectivity index (χ1n) is 6.30. The number of anilines is 3. The third-order valence-corrected chi connectivity index (χ3v) is 4.18. The van der Waals surface area contributed by atoms with Crippen molar-refractivity contribution in [2.75, 3.05) is 17.7 Å². The second kappa shape index (κ2) is 6.83. The maximum Gasteiger partial charge on any atom is 0.338 e. The molecule has 2 aromatic carbocycles. The van der Waals surface area contributed by atoms with Crippen molar-refractivity contribution in [3.8, 4) is 0 Å². The normalized spacial score (nSPS) is 10.2. The Morgan fingerprint density at radius 3 is 2.81 bits per heavy atom. The van der Waals surface area contributed by atoms with Gasteiger partial charge in [-0.05, 0) is 53.2 Å². The minimum Gasteiger partial charge on any atom is -0.462 e. The molecule has 110 valence electrons. The fraction of sp³-hybridized carbons (Fsp3) is 0.133. The minimum atomic E-state index is -0.384. The van der Waals surface area contributed by atoms with Crippen LogP contribution in [0, 0.1) is 0 Å². The first-order valence-corrected chi connectivity index (χ1v) is 7.47. The minimum absolute atomic E-state index is 0.325. The average Bonchev–Trinajstić information content (AvgIpc) is 2.46. The highest BCUT2D eigenvalue weighted by atomic mass is 79.9. The molecule has 0 aliphatic carbocycles. The standard InChI is InChI=1S/C15H14BrClN2O2/c1-2-21-15(20)9-6-7-11(18)13(8-9)19-12-5-3-4-10(17)14(12)16/h3-8,19H,2,18H2,1H3. The number of benzene rings is 2. The van der Waals surface area contributed by atoms with Gasteiger partial charge < -0.3 is 15.8 Å². The third-order valence-electron chi connectivity index (χ3n) is 2.79. The highest BCUT2D eigenvalue weighted by Gasteiger charge is 2.11. The van der Waals surface area contributed by atoms with E-state index < -0.39 is 0 Å². The molecule has 0 radical (unpaired) electrons. The molecule has 0 aliphatic rings. The molecule has 0 heterocycles. The molecule has 0 spiro atoms. The van der Waals surface area contributed by atoms with Crippen LogP contribution in [0.25, 0.3) is 0 Å². The summed E-state index contributed by atoms with van der Waals surface area (Å²) in [6.45, 7) is 2.09. The van der Waals surface area contributed by atoms with Gasteiger partial charge >= 0.3 is 5.97 Å². The monoisotopic (exact) mass is 368 g/mol. The van der Waals surface area contributed by atoms with Gasteiger partial charge in [0, 0.05) is 0 Å². The van der Waals surface area contributed by atoms with Gasteiger partial charge in [0.2, 0.25) is 0 Å². The topological polar surface area (TPSA) is 64.3 Å². The van der Waals surface area contributed by atoms with Crippen molar-refractivity contribution >= 4 is 50.6 Å². The fourth-order valence-electron chi connectivity index (χ4n) is 1.75. The SMILES string of the molecule is CCOC(=O)c1ccc(N)c(Nc2cccc(Cl)c2Br)c1. The van der Waals surface area contributed by atoms with Crippen LogP contribution in [-0.4, -0.2) is 12.6 Å². The maximum absolute atomic E-state index is 11.8. The summed E-state index contributed by atoms with van der Waals surface area (Å²) in [4.78, 5) is 11.8. The number of esters is 1. The van der Waals surface area contributed by atoms with E-state index in [1.54, 1.807) is 31.2 Å². The van der Waals surface area contributed by atoms with Crippen LogP contribution < -0.4 is 11.1 Å². The molecule has 0 amide bonds. The summed E-state index contributed by atoms with van der Waals surface area (Å²) in [6, 6.07) is 10.4. The Kier molecular flexibility index (Phi) is 5.09. The van der Waals surface area contributed by atoms with E-state index in [1.165, 1.54) is 0 Å². The lowest BCUT2D eigenvalue weighted by Gasteiger charge is -2.13. The molecule has 0 bridgehead atoms. The Morgan fingerprint density at radius 1 is 1.33 bits per heavy atom. The van der Waals surface area contributed by atoms with Crippen molar-refractivity contribution in [2.45, 2.75) is 6.92 Å². The van der Waals surface area contributed by atoms with E-state index in [0.717, 1.165) is 10.2 Å². The number of rotatable bonds is 4. The Morgan fingerprint density at radius 2 is 2.10 bits per heavy atom. The number of nitrogens with one attached hydrogen (secondary N) is 1. The molecule has 0 fully saturated rings. The molecule has 0 unspecified atom stereocenters. The van der Waals surface area contributed by atoms with E-state index in [1.807, 2.05) is 12.1 Å². The van der Waals surface area contributed by atoms with Gasteiger partial charge in [-0.2, -0.15) is 0 Å². The van der Waals surface area contributed by atoms with Crippen molar-refractivity contribution in [3.05, 3.63) is 51.5 Å². The van der Waals surface area contributed by atoms with Crippen molar-refractivity contribution in [3.63, 3.8) is 0 Å². The summed E-state index contributed by atoms with van der Waals surface area (Å²) in [5.41, 5.74) is 8.27. The van der Waals surface area contributed by atoms with Crippen LogP contribution >= 0.6 is 27.5 Å². The summed E-state index contributed by atoms with van der Waals surface area (Å²) < 4.78 is 5.71. The molecule has 21 heavy (non-hydrogen) atoms. The van der Waals surface area contributed by atoms with E-state index >= 15 is 0 Å². The molecule has 6 heteroatoms. The maximum atomic E-state index is 11.8. The fourth-order valence-corrected chi connectivity index (χ4v) is 2.29. The molecule has 3 N–H and O–H groups in total. The molecule has 0 saturated heterocycles. The van der Waals surface area contributed by atoms with E-state index in [-0.39, 0.29) is 5.97 Å². The third kappa shape index (κ3) is 3.68. The lowest BCUT2D eigenvalue weighted by atomic mass is 10.1. The molecule has 2 rings (SSSR count).